The van der Waals surface area contributed by atoms with Crippen LogP contribution in [0.1, 0.15) is 20.8 Å². The van der Waals surface area contributed by atoms with Crippen LogP contribution in [-0.2, 0) is 0 Å². The lowest BCUT2D eigenvalue weighted by atomic mass is 9.91. The number of hydrogen-bond acceptors (Lipinski definition) is 2. The van der Waals surface area contributed by atoms with Crippen molar-refractivity contribution in [1.82, 2.24) is 5.32 Å². The van der Waals surface area contributed by atoms with E-state index in [1.165, 1.54) is 18.8 Å². The zero-order chi connectivity index (χ0) is 7.61. The molecule has 0 spiro atoms. The van der Waals surface area contributed by atoms with Crippen molar-refractivity contribution in [2.75, 3.05) is 18.8 Å². The molecular weight excluding hydrogens is 142 g/mol. The summed E-state index contributed by atoms with van der Waals surface area (Å²) in [5.41, 5.74) is 0.470. The van der Waals surface area contributed by atoms with Gasteiger partial charge in [-0.25, -0.2) is 0 Å². The van der Waals surface area contributed by atoms with E-state index in [0.717, 1.165) is 5.25 Å². The molecule has 1 unspecified atom stereocenters. The first kappa shape index (κ1) is 8.41. The third-order valence-electron chi connectivity index (χ3n) is 1.89. The lowest BCUT2D eigenvalue weighted by molar-refractivity contribution is 0.377. The molecule has 1 nitrogen and oxygen atoms in total. The summed E-state index contributed by atoms with van der Waals surface area (Å²) in [6, 6.07) is 0. The van der Waals surface area contributed by atoms with Gasteiger partial charge >= 0.3 is 0 Å². The molecular formula is C8H17NS. The van der Waals surface area contributed by atoms with Crippen molar-refractivity contribution in [3.05, 3.63) is 0 Å². The lowest BCUT2D eigenvalue weighted by Crippen LogP contribution is -2.39. The minimum atomic E-state index is 0.470. The number of rotatable bonds is 0. The zero-order valence-electron chi connectivity index (χ0n) is 7.11. The summed E-state index contributed by atoms with van der Waals surface area (Å²) in [5.74, 6) is 1.28. The molecule has 0 aromatic rings. The Kier molecular flexibility index (Phi) is 2.64. The number of nitrogens with one attached hydrogen (secondary N) is 1. The second-order valence-corrected chi connectivity index (χ2v) is 5.24. The van der Waals surface area contributed by atoms with Gasteiger partial charge in [0, 0.05) is 24.1 Å². The zero-order valence-corrected chi connectivity index (χ0v) is 7.92. The Labute approximate surface area is 68.0 Å². The van der Waals surface area contributed by atoms with Crippen LogP contribution in [-0.4, -0.2) is 24.1 Å². The van der Waals surface area contributed by atoms with Gasteiger partial charge in [0.1, 0.15) is 0 Å². The summed E-state index contributed by atoms with van der Waals surface area (Å²) < 4.78 is 0. The molecule has 1 rings (SSSR count). The van der Waals surface area contributed by atoms with E-state index in [-0.39, 0.29) is 0 Å². The molecule has 1 N–H and O–H groups in total. The van der Waals surface area contributed by atoms with Crippen molar-refractivity contribution in [3.63, 3.8) is 0 Å². The van der Waals surface area contributed by atoms with Gasteiger partial charge in [0.05, 0.1) is 0 Å². The first-order valence-electron chi connectivity index (χ1n) is 3.93. The van der Waals surface area contributed by atoms with Crippen LogP contribution in [0.3, 0.4) is 0 Å². The van der Waals surface area contributed by atoms with Crippen molar-refractivity contribution >= 4 is 11.8 Å². The molecule has 1 saturated heterocycles. The van der Waals surface area contributed by atoms with Gasteiger partial charge in [-0.1, -0.05) is 20.8 Å². The van der Waals surface area contributed by atoms with Gasteiger partial charge in [0.25, 0.3) is 0 Å². The molecule has 0 saturated carbocycles. The van der Waals surface area contributed by atoms with E-state index in [9.17, 15) is 0 Å². The fourth-order valence-electron chi connectivity index (χ4n) is 1.12. The summed E-state index contributed by atoms with van der Waals surface area (Å²) >= 11 is 2.11. The van der Waals surface area contributed by atoms with E-state index in [2.05, 4.69) is 37.8 Å². The van der Waals surface area contributed by atoms with Gasteiger partial charge in [-0.3, -0.25) is 0 Å². The van der Waals surface area contributed by atoms with Crippen molar-refractivity contribution < 1.29 is 0 Å². The maximum atomic E-state index is 3.42. The fraction of sp³-hybridized carbons (Fsp3) is 1.00. The van der Waals surface area contributed by atoms with E-state index in [0.29, 0.717) is 5.41 Å². The van der Waals surface area contributed by atoms with Gasteiger partial charge < -0.3 is 5.32 Å². The molecule has 10 heavy (non-hydrogen) atoms. The number of hydrogen-bond donors (Lipinski definition) is 1. The second kappa shape index (κ2) is 3.14. The molecule has 60 valence electrons. The van der Waals surface area contributed by atoms with Gasteiger partial charge in [0.2, 0.25) is 0 Å². The average molecular weight is 159 g/mol. The molecule has 0 aromatic heterocycles. The van der Waals surface area contributed by atoms with E-state index in [1.54, 1.807) is 0 Å². The first-order chi connectivity index (χ1) is 4.61. The highest BCUT2D eigenvalue weighted by atomic mass is 32.2. The molecule has 1 fully saturated rings. The summed E-state index contributed by atoms with van der Waals surface area (Å²) in [6.45, 7) is 9.33. The van der Waals surface area contributed by atoms with Crippen LogP contribution in [0.2, 0.25) is 0 Å². The highest BCUT2D eigenvalue weighted by molar-refractivity contribution is 8.00. The monoisotopic (exact) mass is 159 g/mol. The van der Waals surface area contributed by atoms with Crippen LogP contribution < -0.4 is 5.32 Å². The average Bonchev–Trinajstić information content (AvgIpc) is 1.88. The Bertz CT molecular complexity index is 100. The normalized spacial score (nSPS) is 28.5. The highest BCUT2D eigenvalue weighted by Crippen LogP contribution is 2.30. The van der Waals surface area contributed by atoms with Crippen LogP contribution in [0.15, 0.2) is 0 Å². The Balaban J connectivity index is 2.39. The molecule has 1 heterocycles. The molecule has 0 aromatic carbocycles. The summed E-state index contributed by atoms with van der Waals surface area (Å²) in [6.07, 6.45) is 0. The first-order valence-corrected chi connectivity index (χ1v) is 4.98. The van der Waals surface area contributed by atoms with Gasteiger partial charge in [-0.2, -0.15) is 11.8 Å². The summed E-state index contributed by atoms with van der Waals surface area (Å²) in [7, 11) is 0. The Morgan fingerprint density at radius 3 is 2.40 bits per heavy atom. The van der Waals surface area contributed by atoms with Crippen LogP contribution >= 0.6 is 11.8 Å². The van der Waals surface area contributed by atoms with Gasteiger partial charge in [0.15, 0.2) is 0 Å². The lowest BCUT2D eigenvalue weighted by Gasteiger charge is -2.33. The van der Waals surface area contributed by atoms with E-state index >= 15 is 0 Å². The summed E-state index contributed by atoms with van der Waals surface area (Å²) in [4.78, 5) is 0. The van der Waals surface area contributed by atoms with Gasteiger partial charge in [-0.05, 0) is 5.41 Å². The molecule has 0 bridgehead atoms. The second-order valence-electron chi connectivity index (χ2n) is 3.93. The SMILES string of the molecule is CC(C)(C)C1CNCCS1. The highest BCUT2D eigenvalue weighted by Gasteiger charge is 2.26. The van der Waals surface area contributed by atoms with Crippen LogP contribution in [0.5, 0.6) is 0 Å². The molecule has 0 aliphatic carbocycles. The third-order valence-corrected chi connectivity index (χ3v) is 3.61. The van der Waals surface area contributed by atoms with Gasteiger partial charge in [-0.15, -0.1) is 0 Å². The predicted octanol–water partition coefficient (Wildman–Crippen LogP) is 1.74. The van der Waals surface area contributed by atoms with Crippen molar-refractivity contribution in [2.24, 2.45) is 5.41 Å². The number of thioether (sulfide) groups is 1. The molecule has 2 heteroatoms. The minimum Gasteiger partial charge on any atom is -0.315 e. The van der Waals surface area contributed by atoms with Crippen LogP contribution in [0, 0.1) is 5.41 Å². The third kappa shape index (κ3) is 2.17. The maximum absolute atomic E-state index is 3.42. The fourth-order valence-corrected chi connectivity index (χ4v) is 2.40. The minimum absolute atomic E-state index is 0.470. The van der Waals surface area contributed by atoms with Crippen molar-refractivity contribution in [3.8, 4) is 0 Å². The van der Waals surface area contributed by atoms with E-state index in [1.807, 2.05) is 0 Å². The molecule has 0 radical (unpaired) electrons. The van der Waals surface area contributed by atoms with Crippen molar-refractivity contribution in [1.29, 1.82) is 0 Å². The van der Waals surface area contributed by atoms with Crippen molar-refractivity contribution in [2.45, 2.75) is 26.0 Å². The van der Waals surface area contributed by atoms with Crippen LogP contribution in [0.4, 0.5) is 0 Å². The Hall–Kier alpha value is 0.310. The smallest absolute Gasteiger partial charge is 0.0221 e. The maximum Gasteiger partial charge on any atom is 0.0221 e. The largest absolute Gasteiger partial charge is 0.315 e. The molecule has 0 amide bonds. The predicted molar refractivity (Wildman–Crippen MR) is 48.6 cm³/mol. The van der Waals surface area contributed by atoms with Crippen LogP contribution in [0.25, 0.3) is 0 Å². The topological polar surface area (TPSA) is 12.0 Å². The molecule has 1 atom stereocenters. The molecule has 1 aliphatic heterocycles. The van der Waals surface area contributed by atoms with E-state index < -0.39 is 0 Å². The Morgan fingerprint density at radius 2 is 2.10 bits per heavy atom. The molecule has 1 aliphatic rings. The summed E-state index contributed by atoms with van der Waals surface area (Å²) in [5, 5.41) is 4.23. The quantitative estimate of drug-likeness (QED) is 0.578. The van der Waals surface area contributed by atoms with E-state index in [4.69, 9.17) is 0 Å². The standard InChI is InChI=1S/C8H17NS/c1-8(2,3)7-6-9-4-5-10-7/h7,9H,4-6H2,1-3H3. The Morgan fingerprint density at radius 1 is 1.40 bits per heavy atom.